The van der Waals surface area contributed by atoms with E-state index in [9.17, 15) is 4.79 Å². The van der Waals surface area contributed by atoms with Gasteiger partial charge in [-0.15, -0.1) is 11.3 Å². The van der Waals surface area contributed by atoms with Crippen molar-refractivity contribution in [2.75, 3.05) is 36.4 Å². The molecule has 1 saturated heterocycles. The zero-order chi connectivity index (χ0) is 22.0. The molecule has 0 spiro atoms. The number of aromatic nitrogens is 1. The largest absolute Gasteiger partial charge is 0.366 e. The minimum Gasteiger partial charge on any atom is -0.366 e. The Morgan fingerprint density at radius 3 is 2.58 bits per heavy atom. The first-order valence-electron chi connectivity index (χ1n) is 10.8. The van der Waals surface area contributed by atoms with E-state index in [2.05, 4.69) is 90.3 Å². The van der Waals surface area contributed by atoms with E-state index in [1.807, 2.05) is 5.38 Å². The van der Waals surface area contributed by atoms with Gasteiger partial charge in [0.15, 0.2) is 5.13 Å². The predicted octanol–water partition coefficient (Wildman–Crippen LogP) is 4.88. The minimum absolute atomic E-state index is 0.00280. The molecule has 3 aromatic rings. The third kappa shape index (κ3) is 5.14. The second kappa shape index (κ2) is 9.20. The average molecular weight is 435 g/mol. The van der Waals surface area contributed by atoms with Crippen molar-refractivity contribution in [2.45, 2.75) is 33.7 Å². The van der Waals surface area contributed by atoms with Crippen LogP contribution in [0, 0.1) is 20.8 Å². The minimum atomic E-state index is -0.00280. The van der Waals surface area contributed by atoms with E-state index < -0.39 is 0 Å². The SMILES string of the molecule is Cc1ccc(N2CCN(CC(=O)Nc3nc(-c4ccc(C)c(C)c4)cs3)CC2C)cc1. The molecule has 2 heterocycles. The first-order valence-corrected chi connectivity index (χ1v) is 11.7. The number of aryl methyl sites for hydroxylation is 3. The first-order chi connectivity index (χ1) is 14.9. The highest BCUT2D eigenvalue weighted by molar-refractivity contribution is 7.14. The first kappa shape index (κ1) is 21.5. The second-order valence-electron chi connectivity index (χ2n) is 8.50. The van der Waals surface area contributed by atoms with Gasteiger partial charge in [-0.2, -0.15) is 0 Å². The molecule has 162 valence electrons. The van der Waals surface area contributed by atoms with Gasteiger partial charge in [-0.25, -0.2) is 4.98 Å². The zero-order valence-electron chi connectivity index (χ0n) is 18.7. The van der Waals surface area contributed by atoms with Crippen molar-refractivity contribution < 1.29 is 4.79 Å². The quantitative estimate of drug-likeness (QED) is 0.621. The van der Waals surface area contributed by atoms with E-state index in [0.717, 1.165) is 30.9 Å². The molecule has 4 rings (SSSR count). The van der Waals surface area contributed by atoms with E-state index in [1.165, 1.54) is 33.7 Å². The zero-order valence-corrected chi connectivity index (χ0v) is 19.5. The lowest BCUT2D eigenvalue weighted by atomic mass is 10.1. The van der Waals surface area contributed by atoms with Gasteiger partial charge >= 0.3 is 0 Å². The Hall–Kier alpha value is -2.70. The number of benzene rings is 2. The highest BCUT2D eigenvalue weighted by Crippen LogP contribution is 2.26. The Morgan fingerprint density at radius 1 is 1.10 bits per heavy atom. The van der Waals surface area contributed by atoms with Gasteiger partial charge in [0.2, 0.25) is 5.91 Å². The highest BCUT2D eigenvalue weighted by atomic mass is 32.1. The summed E-state index contributed by atoms with van der Waals surface area (Å²) in [6.07, 6.45) is 0. The monoisotopic (exact) mass is 434 g/mol. The van der Waals surface area contributed by atoms with Crippen LogP contribution in [-0.4, -0.2) is 48.0 Å². The maximum Gasteiger partial charge on any atom is 0.240 e. The molecule has 5 nitrogen and oxygen atoms in total. The molecule has 1 aliphatic heterocycles. The smallest absolute Gasteiger partial charge is 0.240 e. The van der Waals surface area contributed by atoms with Gasteiger partial charge in [0, 0.05) is 42.3 Å². The van der Waals surface area contributed by atoms with Crippen molar-refractivity contribution in [2.24, 2.45) is 0 Å². The summed E-state index contributed by atoms with van der Waals surface area (Å²) in [5, 5.41) is 5.64. The predicted molar refractivity (Wildman–Crippen MR) is 130 cm³/mol. The number of hydrogen-bond acceptors (Lipinski definition) is 5. The van der Waals surface area contributed by atoms with Crippen LogP contribution in [0.1, 0.15) is 23.6 Å². The molecule has 1 atom stereocenters. The van der Waals surface area contributed by atoms with Gasteiger partial charge in [0.1, 0.15) is 0 Å². The fraction of sp³-hybridized carbons (Fsp3) is 0.360. The number of hydrogen-bond donors (Lipinski definition) is 1. The van der Waals surface area contributed by atoms with Crippen molar-refractivity contribution in [3.8, 4) is 11.3 Å². The molecular formula is C25H30N4OS. The van der Waals surface area contributed by atoms with Crippen LogP contribution in [-0.2, 0) is 4.79 Å². The molecule has 2 aromatic carbocycles. The van der Waals surface area contributed by atoms with Gasteiger partial charge in [-0.05, 0) is 57.0 Å². The summed E-state index contributed by atoms with van der Waals surface area (Å²) in [4.78, 5) is 21.9. The van der Waals surface area contributed by atoms with Crippen molar-refractivity contribution in [3.63, 3.8) is 0 Å². The lowest BCUT2D eigenvalue weighted by molar-refractivity contribution is -0.117. The maximum atomic E-state index is 12.6. The van der Waals surface area contributed by atoms with Gasteiger partial charge in [-0.3, -0.25) is 9.69 Å². The second-order valence-corrected chi connectivity index (χ2v) is 9.36. The Labute approximate surface area is 188 Å². The lowest BCUT2D eigenvalue weighted by Crippen LogP contribution is -2.53. The van der Waals surface area contributed by atoms with Crippen LogP contribution in [0.2, 0.25) is 0 Å². The Bertz CT molecular complexity index is 1060. The highest BCUT2D eigenvalue weighted by Gasteiger charge is 2.25. The van der Waals surface area contributed by atoms with Gasteiger partial charge in [0.05, 0.1) is 12.2 Å². The van der Waals surface area contributed by atoms with Crippen molar-refractivity contribution in [1.82, 2.24) is 9.88 Å². The molecule has 31 heavy (non-hydrogen) atoms. The fourth-order valence-electron chi connectivity index (χ4n) is 4.02. The van der Waals surface area contributed by atoms with Gasteiger partial charge in [-0.1, -0.05) is 29.8 Å². The molecule has 0 saturated carbocycles. The number of nitrogens with zero attached hydrogens (tertiary/aromatic N) is 3. The van der Waals surface area contributed by atoms with E-state index in [4.69, 9.17) is 0 Å². The molecule has 1 N–H and O–H groups in total. The Morgan fingerprint density at radius 2 is 1.87 bits per heavy atom. The molecule has 1 aromatic heterocycles. The Balaban J connectivity index is 1.32. The number of piperazine rings is 1. The molecule has 1 amide bonds. The average Bonchev–Trinajstić information content (AvgIpc) is 3.19. The van der Waals surface area contributed by atoms with Crippen LogP contribution in [0.15, 0.2) is 47.8 Å². The standard InChI is InChI=1S/C25H30N4OS/c1-17-5-9-22(10-6-17)29-12-11-28(14-20(29)4)15-24(30)27-25-26-23(16-31-25)21-8-7-18(2)19(3)13-21/h5-10,13,16,20H,11-12,14-15H2,1-4H3,(H,26,27,30). The number of carbonyl (C=O) groups excluding carboxylic acids is 1. The van der Waals surface area contributed by atoms with E-state index in [-0.39, 0.29) is 5.91 Å². The van der Waals surface area contributed by atoms with E-state index >= 15 is 0 Å². The maximum absolute atomic E-state index is 12.6. The summed E-state index contributed by atoms with van der Waals surface area (Å²) in [6.45, 7) is 11.6. The summed E-state index contributed by atoms with van der Waals surface area (Å²) >= 11 is 1.47. The van der Waals surface area contributed by atoms with Crippen LogP contribution >= 0.6 is 11.3 Å². The summed E-state index contributed by atoms with van der Waals surface area (Å²) in [5.41, 5.74) is 7.03. The van der Waals surface area contributed by atoms with Crippen LogP contribution in [0.3, 0.4) is 0 Å². The summed E-state index contributed by atoms with van der Waals surface area (Å²) in [5.74, 6) is -0.00280. The molecule has 1 aliphatic rings. The van der Waals surface area contributed by atoms with Crippen LogP contribution in [0.25, 0.3) is 11.3 Å². The van der Waals surface area contributed by atoms with Crippen LogP contribution < -0.4 is 10.2 Å². The van der Waals surface area contributed by atoms with Gasteiger partial charge in [0.25, 0.3) is 0 Å². The van der Waals surface area contributed by atoms with Crippen LogP contribution in [0.5, 0.6) is 0 Å². The molecule has 1 fully saturated rings. The third-order valence-electron chi connectivity index (χ3n) is 6.00. The lowest BCUT2D eigenvalue weighted by Gasteiger charge is -2.41. The number of rotatable bonds is 5. The summed E-state index contributed by atoms with van der Waals surface area (Å²) in [6, 6.07) is 15.4. The summed E-state index contributed by atoms with van der Waals surface area (Å²) < 4.78 is 0. The molecule has 1 unspecified atom stereocenters. The number of carbonyl (C=O) groups is 1. The number of nitrogens with one attached hydrogen (secondary N) is 1. The molecular weight excluding hydrogens is 404 g/mol. The molecule has 0 bridgehead atoms. The fourth-order valence-corrected chi connectivity index (χ4v) is 4.76. The topological polar surface area (TPSA) is 48.5 Å². The Kier molecular flexibility index (Phi) is 6.39. The molecule has 0 aliphatic carbocycles. The van der Waals surface area contributed by atoms with E-state index in [1.54, 1.807) is 0 Å². The number of thiazole rings is 1. The normalized spacial score (nSPS) is 17.0. The van der Waals surface area contributed by atoms with Crippen molar-refractivity contribution in [1.29, 1.82) is 0 Å². The molecule has 0 radical (unpaired) electrons. The van der Waals surface area contributed by atoms with Gasteiger partial charge < -0.3 is 10.2 Å². The number of amides is 1. The van der Waals surface area contributed by atoms with E-state index in [0.29, 0.717) is 17.7 Å². The third-order valence-corrected chi connectivity index (χ3v) is 6.76. The van der Waals surface area contributed by atoms with Crippen molar-refractivity contribution >= 4 is 28.1 Å². The van der Waals surface area contributed by atoms with Crippen molar-refractivity contribution in [3.05, 3.63) is 64.5 Å². The summed E-state index contributed by atoms with van der Waals surface area (Å²) in [7, 11) is 0. The molecule has 6 heteroatoms. The van der Waals surface area contributed by atoms with Crippen LogP contribution in [0.4, 0.5) is 10.8 Å². The number of anilines is 2.